The molecule has 3 aliphatic heterocycles. The summed E-state index contributed by atoms with van der Waals surface area (Å²) in [6.45, 7) is 5.89. The van der Waals surface area contributed by atoms with Crippen LogP contribution in [0.15, 0.2) is 56.6 Å². The summed E-state index contributed by atoms with van der Waals surface area (Å²) in [7, 11) is 4.32. The van der Waals surface area contributed by atoms with E-state index in [-0.39, 0.29) is 76.1 Å². The van der Waals surface area contributed by atoms with Crippen LogP contribution >= 0.6 is 0 Å². The lowest BCUT2D eigenvalue weighted by Gasteiger charge is -2.57. The third kappa shape index (κ3) is 3.89. The van der Waals surface area contributed by atoms with E-state index in [1.54, 1.807) is 31.9 Å². The molecule has 2 aliphatic carbocycles. The van der Waals surface area contributed by atoms with Crippen molar-refractivity contribution in [3.05, 3.63) is 56.6 Å². The van der Waals surface area contributed by atoms with Crippen LogP contribution in [0, 0.1) is 0 Å². The fraction of sp³-hybridized carbons (Fsp3) is 0.467. The van der Waals surface area contributed by atoms with E-state index < -0.39 is 47.5 Å². The van der Waals surface area contributed by atoms with Crippen LogP contribution in [0.2, 0.25) is 0 Å². The molecule has 216 valence electrons. The molecule has 11 heteroatoms. The smallest absolute Gasteiger partial charge is 0.333 e. The topological polar surface area (TPSA) is 137 Å². The Bertz CT molecular complexity index is 1500. The van der Waals surface area contributed by atoms with Crippen molar-refractivity contribution >= 4 is 35.0 Å². The average molecular weight is 565 g/mol. The van der Waals surface area contributed by atoms with Crippen LogP contribution in [0.25, 0.3) is 0 Å². The molecule has 0 aromatic carbocycles. The van der Waals surface area contributed by atoms with E-state index in [0.29, 0.717) is 5.57 Å². The van der Waals surface area contributed by atoms with Crippen molar-refractivity contribution in [3.63, 3.8) is 0 Å². The van der Waals surface area contributed by atoms with Crippen LogP contribution < -0.4 is 0 Å². The summed E-state index contributed by atoms with van der Waals surface area (Å²) in [4.78, 5) is 84.5. The minimum atomic E-state index is -1.10. The number of carbonyl (C=O) groups is 6. The fourth-order valence-corrected chi connectivity index (χ4v) is 6.77. The summed E-state index contributed by atoms with van der Waals surface area (Å²) < 4.78 is 16.2. The van der Waals surface area contributed by atoms with Gasteiger partial charge in [0.2, 0.25) is 17.5 Å². The molecule has 0 aromatic rings. The van der Waals surface area contributed by atoms with E-state index in [4.69, 9.17) is 14.2 Å². The quantitative estimate of drug-likeness (QED) is 0.273. The molecule has 5 rings (SSSR count). The van der Waals surface area contributed by atoms with Gasteiger partial charge >= 0.3 is 5.97 Å². The number of hydrogen-bond donors (Lipinski definition) is 0. The number of methoxy groups -OCH3 is 2. The maximum atomic E-state index is 14.2. The zero-order chi connectivity index (χ0) is 30.1. The second-order valence-electron chi connectivity index (χ2n) is 10.9. The molecule has 5 aliphatic rings. The molecule has 1 saturated heterocycles. The van der Waals surface area contributed by atoms with Gasteiger partial charge in [-0.15, -0.1) is 0 Å². The summed E-state index contributed by atoms with van der Waals surface area (Å²) in [5.41, 5.74) is 1.37. The van der Waals surface area contributed by atoms with Crippen molar-refractivity contribution in [2.45, 2.75) is 64.7 Å². The molecular formula is C30H32N2O9. The highest BCUT2D eigenvalue weighted by atomic mass is 16.5. The zero-order valence-corrected chi connectivity index (χ0v) is 24.1. The SMILES string of the molecule is C/C=C(/C)C(=O)OC[C@H]1C2=C(C[C@H]3[C@@H]4C5=C(C[C@@H](C(=O)N13)N4C)C(=O)C(C)=C(OC)C5=O)C(=O)C(C)=C(OC)C2=O. The molecule has 1 fully saturated rings. The van der Waals surface area contributed by atoms with Crippen LogP contribution in [0.4, 0.5) is 0 Å². The number of ketones is 4. The number of carbonyl (C=O) groups excluding carboxylic acids is 6. The van der Waals surface area contributed by atoms with Crippen molar-refractivity contribution in [1.82, 2.24) is 9.80 Å². The Morgan fingerprint density at radius 3 is 1.95 bits per heavy atom. The first-order valence-corrected chi connectivity index (χ1v) is 13.4. The molecule has 2 bridgehead atoms. The Balaban J connectivity index is 1.68. The van der Waals surface area contributed by atoms with Gasteiger partial charge in [0.25, 0.3) is 0 Å². The number of fused-ring (bicyclic) bond motifs is 5. The molecule has 0 spiro atoms. The van der Waals surface area contributed by atoms with Crippen molar-refractivity contribution in [2.75, 3.05) is 27.9 Å². The van der Waals surface area contributed by atoms with Crippen molar-refractivity contribution < 1.29 is 43.0 Å². The first kappa shape index (κ1) is 28.4. The van der Waals surface area contributed by atoms with E-state index in [0.717, 1.165) is 0 Å². The standard InChI is InChI=1S/C30H32N2O9/c1-8-12(2)30(38)41-11-19-20-15(23(33)13(3)27(39-6)25(20)35)9-17-22-21-16(10-18(31(22)5)29(37)32(17)19)24(34)14(4)28(40-7)26(21)36/h8,17-19,22H,9-11H2,1-7H3/b12-8-/t17-,18-,19-,22+/m0/s1. The van der Waals surface area contributed by atoms with Crippen LogP contribution in [0.3, 0.4) is 0 Å². The van der Waals surface area contributed by atoms with Crippen LogP contribution in [0.5, 0.6) is 0 Å². The van der Waals surface area contributed by atoms with Gasteiger partial charge in [-0.05, 0) is 41.2 Å². The normalized spacial score (nSPS) is 28.7. The van der Waals surface area contributed by atoms with E-state index in [1.807, 2.05) is 0 Å². The summed E-state index contributed by atoms with van der Waals surface area (Å²) in [6.07, 6.45) is 1.53. The van der Waals surface area contributed by atoms with E-state index >= 15 is 0 Å². The van der Waals surface area contributed by atoms with Gasteiger partial charge in [0.15, 0.2) is 23.1 Å². The Morgan fingerprint density at radius 2 is 1.41 bits per heavy atom. The predicted octanol–water partition coefficient (Wildman–Crippen LogP) is 1.29. The molecular weight excluding hydrogens is 532 g/mol. The highest BCUT2D eigenvalue weighted by Gasteiger charge is 2.59. The summed E-state index contributed by atoms with van der Waals surface area (Å²) in [5.74, 6) is -2.97. The van der Waals surface area contributed by atoms with Crippen molar-refractivity contribution in [2.24, 2.45) is 0 Å². The number of ether oxygens (including phenoxy) is 3. The fourth-order valence-electron chi connectivity index (χ4n) is 6.77. The highest BCUT2D eigenvalue weighted by molar-refractivity contribution is 6.27. The maximum absolute atomic E-state index is 14.2. The monoisotopic (exact) mass is 564 g/mol. The summed E-state index contributed by atoms with van der Waals surface area (Å²) >= 11 is 0. The van der Waals surface area contributed by atoms with Gasteiger partial charge < -0.3 is 19.1 Å². The number of hydrogen-bond acceptors (Lipinski definition) is 10. The van der Waals surface area contributed by atoms with E-state index in [2.05, 4.69) is 0 Å². The number of nitrogens with zero attached hydrogens (tertiary/aromatic N) is 2. The number of likely N-dealkylation sites (N-methyl/N-ethyl adjacent to an activating group) is 1. The average Bonchev–Trinajstić information content (AvgIpc) is 2.95. The Hall–Kier alpha value is -4.12. The molecule has 0 radical (unpaired) electrons. The lowest BCUT2D eigenvalue weighted by molar-refractivity contribution is -0.159. The van der Waals surface area contributed by atoms with Gasteiger partial charge in [0.1, 0.15) is 6.61 Å². The van der Waals surface area contributed by atoms with Crippen LogP contribution in [0.1, 0.15) is 40.5 Å². The first-order chi connectivity index (χ1) is 19.4. The van der Waals surface area contributed by atoms with Crippen molar-refractivity contribution in [1.29, 1.82) is 0 Å². The maximum Gasteiger partial charge on any atom is 0.333 e. The zero-order valence-electron chi connectivity index (χ0n) is 24.1. The summed E-state index contributed by atoms with van der Waals surface area (Å²) in [6, 6.07) is -3.48. The molecule has 0 aromatic heterocycles. The minimum absolute atomic E-state index is 0.00536. The highest BCUT2D eigenvalue weighted by Crippen LogP contribution is 2.47. The molecule has 41 heavy (non-hydrogen) atoms. The van der Waals surface area contributed by atoms with Crippen LogP contribution in [-0.4, -0.2) is 96.9 Å². The second kappa shape index (κ2) is 10.1. The predicted molar refractivity (Wildman–Crippen MR) is 143 cm³/mol. The Labute approximate surface area is 237 Å². The number of piperazine rings is 1. The van der Waals surface area contributed by atoms with Crippen molar-refractivity contribution in [3.8, 4) is 0 Å². The van der Waals surface area contributed by atoms with Crippen LogP contribution in [-0.2, 0) is 43.0 Å². The Morgan fingerprint density at radius 1 is 0.878 bits per heavy atom. The number of rotatable bonds is 5. The molecule has 0 saturated carbocycles. The lowest BCUT2D eigenvalue weighted by atomic mass is 9.69. The summed E-state index contributed by atoms with van der Waals surface area (Å²) in [5, 5.41) is 0. The molecule has 0 unspecified atom stereocenters. The first-order valence-electron chi connectivity index (χ1n) is 13.4. The number of amides is 1. The third-order valence-electron chi connectivity index (χ3n) is 8.97. The molecule has 1 amide bonds. The third-order valence-corrected chi connectivity index (χ3v) is 8.97. The molecule has 0 N–H and O–H groups in total. The van der Waals surface area contributed by atoms with Gasteiger partial charge in [-0.3, -0.25) is 28.9 Å². The van der Waals surface area contributed by atoms with Gasteiger partial charge in [-0.25, -0.2) is 4.79 Å². The van der Waals surface area contributed by atoms with Gasteiger partial charge in [-0.1, -0.05) is 6.08 Å². The number of Topliss-reactive ketones (excluding diaryl/α,β-unsaturated/α-hetero) is 4. The van der Waals surface area contributed by atoms with Gasteiger partial charge in [0.05, 0.1) is 38.4 Å². The molecule has 4 atom stereocenters. The number of allylic oxidation sites excluding steroid dienone is 5. The second-order valence-corrected chi connectivity index (χ2v) is 10.9. The van der Waals surface area contributed by atoms with E-state index in [1.165, 1.54) is 33.0 Å². The van der Waals surface area contributed by atoms with Gasteiger partial charge in [-0.2, -0.15) is 0 Å². The largest absolute Gasteiger partial charge is 0.492 e. The lowest BCUT2D eigenvalue weighted by Crippen LogP contribution is -2.73. The van der Waals surface area contributed by atoms with Gasteiger partial charge in [0, 0.05) is 45.4 Å². The minimum Gasteiger partial charge on any atom is -0.492 e. The Kier molecular flexibility index (Phi) is 6.97. The number of esters is 1. The van der Waals surface area contributed by atoms with E-state index in [9.17, 15) is 28.8 Å². The molecule has 3 heterocycles. The molecule has 11 nitrogen and oxygen atoms in total.